The van der Waals surface area contributed by atoms with Crippen molar-refractivity contribution in [3.63, 3.8) is 0 Å². The van der Waals surface area contributed by atoms with Crippen LogP contribution in [0.25, 0.3) is 27.9 Å². The fourth-order valence-electron chi connectivity index (χ4n) is 9.88. The van der Waals surface area contributed by atoms with Crippen molar-refractivity contribution in [1.82, 2.24) is 52.1 Å². The van der Waals surface area contributed by atoms with E-state index >= 15 is 0 Å². The Balaban J connectivity index is 0.000000248. The SMILES string of the molecule is C.C=CC1(C(=O)O)COC(=O)OC1.CC(C)[C@@H]1OC(=O)C2(/C=C/c3ccc4ccc(nc4c3)[C@@H](C)NC(=O)[C@@H]3CCCN(N3)C(=O)[C@H](C)NC1=O)COC(=O)OC2.CC(C)[C@H](O)C(=O)N[C@@H](C)C(=O)N1CCC[C@@H](C(=O)N[C@H](C)c2ccc3ccc(Br)cc3n2)N1. The van der Waals surface area contributed by atoms with Gasteiger partial charge in [-0.05, 0) is 101 Å². The minimum Gasteiger partial charge on any atom is -0.480 e. The number of aromatic nitrogens is 2. The zero-order chi connectivity index (χ0) is 65.8. The normalized spacial score (nSPS) is 23.0. The number of hydrogen-bond donors (Lipinski definition) is 8. The Kier molecular flexibility index (Phi) is 24.7. The van der Waals surface area contributed by atoms with Crippen molar-refractivity contribution < 1.29 is 81.8 Å². The third kappa shape index (κ3) is 18.1. The van der Waals surface area contributed by atoms with Gasteiger partial charge in [0.25, 0.3) is 17.7 Å². The molecule has 0 unspecified atom stereocenters. The molecule has 9 rings (SSSR count). The number of halogens is 1. The zero-order valence-corrected chi connectivity index (χ0v) is 52.8. The Hall–Kier alpha value is -8.60. The number of carbonyl (C=O) groups excluding carboxylic acids is 9. The van der Waals surface area contributed by atoms with E-state index in [1.54, 1.807) is 46.8 Å². The van der Waals surface area contributed by atoms with Gasteiger partial charge in [-0.1, -0.05) is 99.6 Å². The number of amides is 6. The van der Waals surface area contributed by atoms with Crippen LogP contribution in [-0.4, -0.2) is 166 Å². The number of hydrazine groups is 2. The Morgan fingerprint density at radius 3 is 2.00 bits per heavy atom. The van der Waals surface area contributed by atoms with Crippen molar-refractivity contribution in [3.05, 3.63) is 101 Å². The summed E-state index contributed by atoms with van der Waals surface area (Å²) >= 11 is 3.45. The van der Waals surface area contributed by atoms with Crippen LogP contribution in [-0.2, 0) is 62.0 Å². The van der Waals surface area contributed by atoms with Crippen molar-refractivity contribution in [3.8, 4) is 0 Å². The number of pyridine rings is 2. The molecule has 1 spiro atoms. The van der Waals surface area contributed by atoms with Gasteiger partial charge >= 0.3 is 24.2 Å². The summed E-state index contributed by atoms with van der Waals surface area (Å²) in [6.45, 7) is 16.6. The lowest BCUT2D eigenvalue weighted by atomic mass is 9.88. The third-order valence-corrected chi connectivity index (χ3v) is 16.1. The number of ether oxygens (including phenoxy) is 5. The minimum atomic E-state index is -1.53. The second kappa shape index (κ2) is 31.4. The fourth-order valence-corrected chi connectivity index (χ4v) is 10.2. The van der Waals surface area contributed by atoms with Gasteiger partial charge in [0.15, 0.2) is 16.9 Å². The molecule has 27 nitrogen and oxygen atoms in total. The number of nitrogens with zero attached hydrogens (tertiary/aromatic N) is 4. The van der Waals surface area contributed by atoms with Gasteiger partial charge < -0.3 is 55.2 Å². The van der Waals surface area contributed by atoms with Crippen LogP contribution in [0.2, 0.25) is 0 Å². The second-order valence-corrected chi connectivity index (χ2v) is 24.3. The lowest BCUT2D eigenvalue weighted by Gasteiger charge is -2.35. The molecular formula is C63H81BrN10O17. The molecule has 8 atom stereocenters. The molecule has 4 saturated heterocycles. The first kappa shape index (κ1) is 71.5. The molecule has 7 heterocycles. The minimum absolute atomic E-state index is 0. The topological polar surface area (TPSA) is 362 Å². The zero-order valence-electron chi connectivity index (χ0n) is 51.2. The Morgan fingerprint density at radius 1 is 0.758 bits per heavy atom. The predicted molar refractivity (Wildman–Crippen MR) is 334 cm³/mol. The van der Waals surface area contributed by atoms with E-state index in [-0.39, 0.29) is 63.5 Å². The molecule has 0 saturated carbocycles. The number of esters is 1. The number of nitrogens with one attached hydrogen (secondary N) is 6. The Bertz CT molecular complexity index is 3400. The van der Waals surface area contributed by atoms with Crippen molar-refractivity contribution in [2.45, 2.75) is 137 Å². The van der Waals surface area contributed by atoms with Crippen LogP contribution < -0.4 is 32.1 Å². The van der Waals surface area contributed by atoms with E-state index in [1.807, 2.05) is 74.5 Å². The maximum atomic E-state index is 13.7. The highest BCUT2D eigenvalue weighted by Gasteiger charge is 2.47. The van der Waals surface area contributed by atoms with Crippen LogP contribution in [0, 0.1) is 22.7 Å². The monoisotopic (exact) mass is 1330 g/mol. The molecule has 5 aliphatic rings. The summed E-state index contributed by atoms with van der Waals surface area (Å²) < 4.78 is 25.7. The van der Waals surface area contributed by atoms with Crippen LogP contribution in [0.5, 0.6) is 0 Å². The van der Waals surface area contributed by atoms with E-state index in [1.165, 1.54) is 23.0 Å². The Labute approximate surface area is 535 Å². The molecule has 0 aliphatic carbocycles. The van der Waals surface area contributed by atoms with E-state index < -0.39 is 101 Å². The van der Waals surface area contributed by atoms with Crippen LogP contribution in [0.4, 0.5) is 9.59 Å². The molecule has 492 valence electrons. The van der Waals surface area contributed by atoms with E-state index in [2.05, 4.69) is 69.1 Å². The number of fused-ring (bicyclic) bond motifs is 5. The molecule has 5 bridgehead atoms. The molecule has 2 aromatic heterocycles. The smallest absolute Gasteiger partial charge is 0.480 e. The Morgan fingerprint density at radius 2 is 1.36 bits per heavy atom. The van der Waals surface area contributed by atoms with Gasteiger partial charge in [0, 0.05) is 28.3 Å². The first-order valence-corrected chi connectivity index (χ1v) is 30.3. The molecule has 2 aromatic carbocycles. The third-order valence-electron chi connectivity index (χ3n) is 15.6. The lowest BCUT2D eigenvalue weighted by Crippen LogP contribution is -2.61. The maximum absolute atomic E-state index is 13.7. The van der Waals surface area contributed by atoms with Crippen molar-refractivity contribution in [2.24, 2.45) is 22.7 Å². The number of benzene rings is 2. The summed E-state index contributed by atoms with van der Waals surface area (Å²) in [5.74, 6) is -5.21. The van der Waals surface area contributed by atoms with Crippen LogP contribution in [0.1, 0.15) is 118 Å². The van der Waals surface area contributed by atoms with Gasteiger partial charge in [0.05, 0.1) is 34.5 Å². The van der Waals surface area contributed by atoms with Crippen molar-refractivity contribution in [2.75, 3.05) is 39.5 Å². The van der Waals surface area contributed by atoms with E-state index in [0.717, 1.165) is 26.5 Å². The summed E-state index contributed by atoms with van der Waals surface area (Å²) in [4.78, 5) is 134. The summed E-state index contributed by atoms with van der Waals surface area (Å²) in [5.41, 5.74) is 6.75. The molecular weight excluding hydrogens is 1250 g/mol. The fraction of sp³-hybridized carbons (Fsp3) is 0.492. The molecule has 4 aromatic rings. The summed E-state index contributed by atoms with van der Waals surface area (Å²) in [5, 5.41) is 34.4. The van der Waals surface area contributed by atoms with E-state index in [0.29, 0.717) is 55.5 Å². The van der Waals surface area contributed by atoms with Gasteiger partial charge in [-0.2, -0.15) is 0 Å². The number of carbonyl (C=O) groups is 10. The first-order valence-electron chi connectivity index (χ1n) is 29.5. The van der Waals surface area contributed by atoms with Gasteiger partial charge in [-0.25, -0.2) is 20.4 Å². The van der Waals surface area contributed by atoms with Crippen molar-refractivity contribution >= 4 is 104 Å². The molecule has 5 aliphatic heterocycles. The standard InChI is InChI=1S/C31H37N5O8.C24H32BrN5O4.C7H8O5.CH4/c1-17(2)25-27(38)33-19(4)28(39)36-13-5-6-23(35-36)26(37)32-18(3)22-10-9-21-8-7-20(14-24(21)34-22)11-12-31(29(40)44-25)15-42-30(41)43-16-31;1-13(2)21(31)23(33)27-15(4)24(34)30-11-5-6-19(29-30)22(32)26-14(3)18-10-8-16-7-9-17(25)12-20(16)28-18;1-2-7(5(8)9)3-11-6(10)12-4-7;/h7-12,14,17-19,23,25,35H,5-6,13,15-16H2,1-4H3,(H,32,37)(H,33,38);7-10,12-15,19,21,29,31H,5-6,11H2,1-4H3,(H,26,32)(H,27,33);2H,1,3-4H2,(H,8,9);1H4/b12-11+;;;/t18-,19+,23+,25+;14-,15+,19+,21+;;/m11../s1. The predicted octanol–water partition coefficient (Wildman–Crippen LogP) is 5.40. The van der Waals surface area contributed by atoms with Gasteiger partial charge in [-0.3, -0.25) is 58.3 Å². The number of carboxylic acid groups (broad SMARTS) is 1. The highest BCUT2D eigenvalue weighted by Crippen LogP contribution is 2.31. The number of aliphatic hydroxyl groups is 1. The highest BCUT2D eigenvalue weighted by molar-refractivity contribution is 9.10. The van der Waals surface area contributed by atoms with Crippen LogP contribution in [0.3, 0.4) is 0 Å². The van der Waals surface area contributed by atoms with Crippen molar-refractivity contribution in [1.29, 1.82) is 0 Å². The average Bonchev–Trinajstić information content (AvgIpc) is 2.26. The highest BCUT2D eigenvalue weighted by atomic mass is 79.9. The summed E-state index contributed by atoms with van der Waals surface area (Å²) in [7, 11) is 0. The van der Waals surface area contributed by atoms with Crippen LogP contribution in [0.15, 0.2) is 83.9 Å². The lowest BCUT2D eigenvalue weighted by molar-refractivity contribution is -0.174. The number of carboxylic acids is 1. The molecule has 8 N–H and O–H groups in total. The van der Waals surface area contributed by atoms with Crippen LogP contribution >= 0.6 is 15.9 Å². The first-order chi connectivity index (χ1) is 42.6. The largest absolute Gasteiger partial charge is 0.508 e. The van der Waals surface area contributed by atoms with E-state index in [9.17, 15) is 53.1 Å². The number of rotatable bonds is 10. The number of aliphatic hydroxyl groups excluding tert-OH is 1. The quantitative estimate of drug-likeness (QED) is 0.0560. The van der Waals surface area contributed by atoms with Gasteiger partial charge in [-0.15, -0.1) is 6.58 Å². The second-order valence-electron chi connectivity index (χ2n) is 23.4. The summed E-state index contributed by atoms with van der Waals surface area (Å²) in [6, 6.07) is 15.2. The molecule has 0 radical (unpaired) electrons. The summed E-state index contributed by atoms with van der Waals surface area (Å²) in [6.07, 6.45) is 2.55. The van der Waals surface area contributed by atoms with Gasteiger partial charge in [0.1, 0.15) is 56.7 Å². The molecule has 28 heteroatoms. The maximum Gasteiger partial charge on any atom is 0.508 e. The molecule has 4 fully saturated rings. The van der Waals surface area contributed by atoms with Gasteiger partial charge in [0.2, 0.25) is 17.7 Å². The number of aliphatic carboxylic acids is 1. The number of cyclic esters (lactones) is 5. The van der Waals surface area contributed by atoms with E-state index in [4.69, 9.17) is 24.3 Å². The number of hydrogen-bond acceptors (Lipinski definition) is 20. The molecule has 6 amide bonds. The average molecular weight is 1330 g/mol. The molecule has 91 heavy (non-hydrogen) atoms.